The van der Waals surface area contributed by atoms with Crippen LogP contribution in [0.25, 0.3) is 0 Å². The van der Waals surface area contributed by atoms with Crippen LogP contribution in [0.1, 0.15) is 17.2 Å². The lowest BCUT2D eigenvalue weighted by Crippen LogP contribution is -2.03. The van der Waals surface area contributed by atoms with E-state index in [1.807, 2.05) is 11.4 Å². The highest BCUT2D eigenvalue weighted by Crippen LogP contribution is 2.29. The number of aliphatic hydroxyl groups excluding tert-OH is 1. The second-order valence-corrected chi connectivity index (χ2v) is 6.30. The summed E-state index contributed by atoms with van der Waals surface area (Å²) in [5.41, 5.74) is 1.12. The van der Waals surface area contributed by atoms with Crippen LogP contribution in [0.3, 0.4) is 0 Å². The fourth-order valence-electron chi connectivity index (χ4n) is 1.54. The molecular weight excluding hydrogens is 327 g/mol. The lowest BCUT2D eigenvalue weighted by Gasteiger charge is -2.11. The van der Waals surface area contributed by atoms with Gasteiger partial charge in [-0.2, -0.15) is 0 Å². The first-order valence-electron chi connectivity index (χ1n) is 4.93. The molecule has 2 rings (SSSR count). The van der Waals surface area contributed by atoms with E-state index in [1.54, 1.807) is 12.1 Å². The first kappa shape index (κ1) is 13.0. The summed E-state index contributed by atoms with van der Waals surface area (Å²) in [4.78, 5) is 0. The molecule has 0 saturated heterocycles. The van der Waals surface area contributed by atoms with Gasteiger partial charge in [0.25, 0.3) is 0 Å². The predicted octanol–water partition coefficient (Wildman–Crippen LogP) is 4.58. The summed E-state index contributed by atoms with van der Waals surface area (Å²) in [5.74, 6) is -0.383. The van der Waals surface area contributed by atoms with E-state index in [4.69, 9.17) is 11.6 Å². The summed E-state index contributed by atoms with van der Waals surface area (Å²) in [6, 6.07) is 6.34. The van der Waals surface area contributed by atoms with Crippen molar-refractivity contribution in [3.8, 4) is 0 Å². The molecule has 1 unspecified atom stereocenters. The van der Waals surface area contributed by atoms with Gasteiger partial charge in [0.05, 0.1) is 9.89 Å². The number of halogens is 3. The highest BCUT2D eigenvalue weighted by atomic mass is 79.9. The van der Waals surface area contributed by atoms with Gasteiger partial charge in [-0.15, -0.1) is 11.3 Å². The molecule has 0 aliphatic rings. The third-order valence-electron chi connectivity index (χ3n) is 2.43. The number of hydrogen-bond donors (Lipinski definition) is 1. The largest absolute Gasteiger partial charge is 0.388 e. The third-order valence-corrected chi connectivity index (χ3v) is 4.31. The van der Waals surface area contributed by atoms with Gasteiger partial charge in [-0.3, -0.25) is 0 Å². The molecule has 0 fully saturated rings. The molecule has 1 nitrogen and oxygen atoms in total. The van der Waals surface area contributed by atoms with E-state index < -0.39 is 6.10 Å². The lowest BCUT2D eigenvalue weighted by atomic mass is 10.0. The smallest absolute Gasteiger partial charge is 0.127 e. The van der Waals surface area contributed by atoms with Gasteiger partial charge in [0.15, 0.2) is 0 Å². The van der Waals surface area contributed by atoms with Gasteiger partial charge in [0.2, 0.25) is 0 Å². The Hall–Kier alpha value is -0.420. The Balaban J connectivity index is 2.21. The Bertz CT molecular complexity index is 509. The quantitative estimate of drug-likeness (QED) is 0.870. The van der Waals surface area contributed by atoms with E-state index >= 15 is 0 Å². The summed E-state index contributed by atoms with van der Waals surface area (Å²) >= 11 is 10.7. The fraction of sp³-hybridized carbons (Fsp3) is 0.167. The topological polar surface area (TPSA) is 20.2 Å². The number of aliphatic hydroxyl groups is 1. The van der Waals surface area contributed by atoms with Crippen LogP contribution in [0.2, 0.25) is 5.02 Å². The molecular formula is C12H9BrClFOS. The maximum Gasteiger partial charge on any atom is 0.127 e. The molecule has 1 aromatic heterocycles. The van der Waals surface area contributed by atoms with E-state index in [9.17, 15) is 9.50 Å². The zero-order valence-electron chi connectivity index (χ0n) is 8.66. The van der Waals surface area contributed by atoms with Crippen molar-refractivity contribution in [3.05, 3.63) is 55.4 Å². The van der Waals surface area contributed by atoms with Crippen LogP contribution in [0.15, 0.2) is 33.4 Å². The highest BCUT2D eigenvalue weighted by Gasteiger charge is 2.15. The molecule has 1 aromatic carbocycles. The molecule has 90 valence electrons. The average molecular weight is 336 g/mol. The fourth-order valence-corrected chi connectivity index (χ4v) is 3.00. The molecule has 5 heteroatoms. The van der Waals surface area contributed by atoms with Crippen LogP contribution in [0.5, 0.6) is 0 Å². The van der Waals surface area contributed by atoms with E-state index in [1.165, 1.54) is 17.4 Å². The van der Waals surface area contributed by atoms with Gasteiger partial charge in [-0.05, 0) is 45.1 Å². The lowest BCUT2D eigenvalue weighted by molar-refractivity contribution is 0.177. The Morgan fingerprint density at radius 1 is 1.47 bits per heavy atom. The summed E-state index contributed by atoms with van der Waals surface area (Å²) in [7, 11) is 0. The molecule has 1 N–H and O–H groups in total. The molecule has 17 heavy (non-hydrogen) atoms. The van der Waals surface area contributed by atoms with Crippen LogP contribution in [0.4, 0.5) is 4.39 Å². The molecule has 0 aliphatic heterocycles. The minimum atomic E-state index is -0.744. The molecule has 0 amide bonds. The Labute approximate surface area is 116 Å². The Kier molecular flexibility index (Phi) is 4.20. The van der Waals surface area contributed by atoms with E-state index in [-0.39, 0.29) is 12.2 Å². The first-order valence-corrected chi connectivity index (χ1v) is 6.98. The normalized spacial score (nSPS) is 12.7. The molecule has 1 heterocycles. The van der Waals surface area contributed by atoms with Gasteiger partial charge in [-0.25, -0.2) is 4.39 Å². The van der Waals surface area contributed by atoms with Crippen LogP contribution in [0, 0.1) is 5.82 Å². The second kappa shape index (κ2) is 5.48. The number of benzene rings is 1. The highest BCUT2D eigenvalue weighted by molar-refractivity contribution is 9.11. The van der Waals surface area contributed by atoms with E-state index in [2.05, 4.69) is 15.9 Å². The van der Waals surface area contributed by atoms with Crippen molar-refractivity contribution >= 4 is 38.9 Å². The molecule has 1 atom stereocenters. The Morgan fingerprint density at radius 3 is 2.82 bits per heavy atom. The van der Waals surface area contributed by atoms with Crippen molar-refractivity contribution in [1.29, 1.82) is 0 Å². The SMILES string of the molecule is OC(Cc1c(F)cccc1Cl)c1csc(Br)c1. The maximum absolute atomic E-state index is 13.5. The number of rotatable bonds is 3. The second-order valence-electron chi connectivity index (χ2n) is 3.60. The zero-order valence-corrected chi connectivity index (χ0v) is 11.8. The predicted molar refractivity (Wildman–Crippen MR) is 72.1 cm³/mol. The van der Waals surface area contributed by atoms with Gasteiger partial charge in [-0.1, -0.05) is 17.7 Å². The van der Waals surface area contributed by atoms with Crippen molar-refractivity contribution in [2.24, 2.45) is 0 Å². The molecule has 2 aromatic rings. The summed E-state index contributed by atoms with van der Waals surface area (Å²) in [6.07, 6.45) is -0.568. The van der Waals surface area contributed by atoms with Crippen molar-refractivity contribution in [3.63, 3.8) is 0 Å². The van der Waals surface area contributed by atoms with Crippen molar-refractivity contribution in [2.45, 2.75) is 12.5 Å². The molecule has 0 spiro atoms. The molecule has 0 aliphatic carbocycles. The van der Waals surface area contributed by atoms with Crippen LogP contribution >= 0.6 is 38.9 Å². The van der Waals surface area contributed by atoms with Gasteiger partial charge >= 0.3 is 0 Å². The standard InChI is InChI=1S/C12H9BrClFOS/c13-12-4-7(6-17-12)11(16)5-8-9(14)2-1-3-10(8)15/h1-4,6,11,16H,5H2. The monoisotopic (exact) mass is 334 g/mol. The first-order chi connectivity index (χ1) is 8.08. The third kappa shape index (κ3) is 3.07. The van der Waals surface area contributed by atoms with Crippen molar-refractivity contribution < 1.29 is 9.50 Å². The van der Waals surface area contributed by atoms with Crippen molar-refractivity contribution in [1.82, 2.24) is 0 Å². The number of thiophene rings is 1. The molecule has 0 radical (unpaired) electrons. The average Bonchev–Trinajstić information content (AvgIpc) is 2.70. The summed E-state index contributed by atoms with van der Waals surface area (Å²) in [5, 5.41) is 12.2. The summed E-state index contributed by atoms with van der Waals surface area (Å²) in [6.45, 7) is 0. The Morgan fingerprint density at radius 2 is 2.24 bits per heavy atom. The minimum absolute atomic E-state index is 0.175. The summed E-state index contributed by atoms with van der Waals surface area (Å²) < 4.78 is 14.5. The minimum Gasteiger partial charge on any atom is -0.388 e. The van der Waals surface area contributed by atoms with Gasteiger partial charge < -0.3 is 5.11 Å². The molecule has 0 saturated carbocycles. The molecule has 0 bridgehead atoms. The van der Waals surface area contributed by atoms with Crippen LogP contribution < -0.4 is 0 Å². The van der Waals surface area contributed by atoms with Crippen LogP contribution in [-0.4, -0.2) is 5.11 Å². The van der Waals surface area contributed by atoms with E-state index in [0.29, 0.717) is 10.6 Å². The van der Waals surface area contributed by atoms with Crippen molar-refractivity contribution in [2.75, 3.05) is 0 Å². The van der Waals surface area contributed by atoms with E-state index in [0.717, 1.165) is 9.35 Å². The van der Waals surface area contributed by atoms with Gasteiger partial charge in [0, 0.05) is 17.0 Å². The number of hydrogen-bond acceptors (Lipinski definition) is 2. The van der Waals surface area contributed by atoms with Gasteiger partial charge in [0.1, 0.15) is 5.82 Å². The maximum atomic E-state index is 13.5. The zero-order chi connectivity index (χ0) is 12.4. The van der Waals surface area contributed by atoms with Crippen LogP contribution in [-0.2, 0) is 6.42 Å².